The van der Waals surface area contributed by atoms with Crippen molar-refractivity contribution in [1.29, 1.82) is 0 Å². The van der Waals surface area contributed by atoms with Crippen LogP contribution in [0.5, 0.6) is 0 Å². The fourth-order valence-corrected chi connectivity index (χ4v) is 4.85. The SMILES string of the molecule is Cc1ccc(-c2cc(C(=O)Nc3cccc4c3C(=O)c3ccccc3C4=O)c3ccccc3n2)cc1C. The molecule has 1 amide bonds. The van der Waals surface area contributed by atoms with E-state index in [1.807, 2.05) is 43.3 Å². The van der Waals surface area contributed by atoms with Gasteiger partial charge in [-0.2, -0.15) is 0 Å². The fourth-order valence-electron chi connectivity index (χ4n) is 4.85. The van der Waals surface area contributed by atoms with Crippen molar-refractivity contribution in [3.05, 3.63) is 130 Å². The maximum atomic E-state index is 13.7. The number of nitrogens with one attached hydrogen (secondary N) is 1. The molecule has 0 fully saturated rings. The molecule has 5 nitrogen and oxygen atoms in total. The zero-order chi connectivity index (χ0) is 25.7. The molecule has 4 aromatic carbocycles. The molecule has 0 aliphatic heterocycles. The molecule has 0 saturated heterocycles. The van der Waals surface area contributed by atoms with E-state index in [1.54, 1.807) is 48.5 Å². The van der Waals surface area contributed by atoms with Gasteiger partial charge in [0.2, 0.25) is 0 Å². The third-order valence-corrected chi connectivity index (χ3v) is 6.96. The second-order valence-electron chi connectivity index (χ2n) is 9.26. The van der Waals surface area contributed by atoms with E-state index < -0.39 is 0 Å². The predicted octanol–water partition coefficient (Wildman–Crippen LogP) is 6.55. The number of anilines is 1. The number of aryl methyl sites for hydroxylation is 2. The van der Waals surface area contributed by atoms with Gasteiger partial charge in [-0.25, -0.2) is 4.98 Å². The van der Waals surface area contributed by atoms with Crippen LogP contribution in [0.4, 0.5) is 5.69 Å². The number of carbonyl (C=O) groups is 3. The number of hydrogen-bond donors (Lipinski definition) is 1. The van der Waals surface area contributed by atoms with Gasteiger partial charge in [0.1, 0.15) is 0 Å². The van der Waals surface area contributed by atoms with Crippen LogP contribution in [0, 0.1) is 13.8 Å². The van der Waals surface area contributed by atoms with Gasteiger partial charge < -0.3 is 5.32 Å². The third-order valence-electron chi connectivity index (χ3n) is 6.96. The van der Waals surface area contributed by atoms with Crippen molar-refractivity contribution >= 4 is 34.1 Å². The van der Waals surface area contributed by atoms with Crippen molar-refractivity contribution in [1.82, 2.24) is 4.98 Å². The average Bonchev–Trinajstić information content (AvgIpc) is 2.92. The number of hydrogen-bond acceptors (Lipinski definition) is 4. The molecular weight excluding hydrogens is 460 g/mol. The zero-order valence-corrected chi connectivity index (χ0v) is 20.3. The lowest BCUT2D eigenvalue weighted by Gasteiger charge is -2.20. The van der Waals surface area contributed by atoms with E-state index in [9.17, 15) is 14.4 Å². The molecule has 0 unspecified atom stereocenters. The Morgan fingerprint density at radius 1 is 0.703 bits per heavy atom. The smallest absolute Gasteiger partial charge is 0.256 e. The lowest BCUT2D eigenvalue weighted by atomic mass is 9.83. The summed E-state index contributed by atoms with van der Waals surface area (Å²) in [6.45, 7) is 4.10. The molecule has 37 heavy (non-hydrogen) atoms. The van der Waals surface area contributed by atoms with Crippen LogP contribution >= 0.6 is 0 Å². The van der Waals surface area contributed by atoms with Crippen LogP contribution in [-0.4, -0.2) is 22.5 Å². The van der Waals surface area contributed by atoms with Crippen LogP contribution in [0.1, 0.15) is 53.3 Å². The summed E-state index contributed by atoms with van der Waals surface area (Å²) in [7, 11) is 0. The van der Waals surface area contributed by atoms with Crippen molar-refractivity contribution in [2.45, 2.75) is 13.8 Å². The predicted molar refractivity (Wildman–Crippen MR) is 144 cm³/mol. The zero-order valence-electron chi connectivity index (χ0n) is 20.3. The topological polar surface area (TPSA) is 76.1 Å². The summed E-state index contributed by atoms with van der Waals surface area (Å²) in [5, 5.41) is 3.62. The number of rotatable bonds is 3. The summed E-state index contributed by atoms with van der Waals surface area (Å²) in [4.78, 5) is 45.0. The molecule has 6 rings (SSSR count). The van der Waals surface area contributed by atoms with E-state index in [0.717, 1.165) is 11.1 Å². The molecule has 178 valence electrons. The Labute approximate surface area is 213 Å². The van der Waals surface area contributed by atoms with Gasteiger partial charge in [-0.15, -0.1) is 0 Å². The number of ketones is 2. The molecule has 0 atom stereocenters. The van der Waals surface area contributed by atoms with E-state index >= 15 is 0 Å². The lowest BCUT2D eigenvalue weighted by Crippen LogP contribution is -2.24. The van der Waals surface area contributed by atoms with Gasteiger partial charge in [0.05, 0.1) is 28.0 Å². The van der Waals surface area contributed by atoms with Gasteiger partial charge in [0, 0.05) is 27.6 Å². The van der Waals surface area contributed by atoms with Crippen molar-refractivity contribution in [3.8, 4) is 11.3 Å². The Morgan fingerprint density at radius 2 is 1.41 bits per heavy atom. The summed E-state index contributed by atoms with van der Waals surface area (Å²) < 4.78 is 0. The summed E-state index contributed by atoms with van der Waals surface area (Å²) >= 11 is 0. The van der Waals surface area contributed by atoms with Gasteiger partial charge in [0.25, 0.3) is 5.91 Å². The Balaban J connectivity index is 1.45. The Morgan fingerprint density at radius 3 is 2.19 bits per heavy atom. The number of benzene rings is 4. The molecular formula is C32H22N2O3. The van der Waals surface area contributed by atoms with Crippen molar-refractivity contribution < 1.29 is 14.4 Å². The van der Waals surface area contributed by atoms with E-state index in [-0.39, 0.29) is 28.6 Å². The van der Waals surface area contributed by atoms with Gasteiger partial charge in [0.15, 0.2) is 11.6 Å². The Bertz CT molecular complexity index is 1790. The lowest BCUT2D eigenvalue weighted by molar-refractivity contribution is 0.0978. The molecule has 1 heterocycles. The minimum Gasteiger partial charge on any atom is -0.321 e. The normalized spacial score (nSPS) is 12.3. The first-order valence-electron chi connectivity index (χ1n) is 12.0. The molecule has 1 aromatic heterocycles. The maximum Gasteiger partial charge on any atom is 0.256 e. The van der Waals surface area contributed by atoms with Crippen molar-refractivity contribution in [2.24, 2.45) is 0 Å². The second-order valence-corrected chi connectivity index (χ2v) is 9.26. The minimum atomic E-state index is -0.379. The Kier molecular flexibility index (Phi) is 5.27. The molecule has 5 aromatic rings. The second kappa shape index (κ2) is 8.64. The molecule has 5 heteroatoms. The number of pyridine rings is 1. The largest absolute Gasteiger partial charge is 0.321 e. The van der Waals surface area contributed by atoms with Gasteiger partial charge in [-0.05, 0) is 49.2 Å². The van der Waals surface area contributed by atoms with Gasteiger partial charge in [-0.1, -0.05) is 66.7 Å². The first-order valence-corrected chi connectivity index (χ1v) is 12.0. The molecule has 0 bridgehead atoms. The Hall–Kier alpha value is -4.90. The molecule has 1 aliphatic carbocycles. The van der Waals surface area contributed by atoms with Gasteiger partial charge in [-0.3, -0.25) is 14.4 Å². The third kappa shape index (κ3) is 3.72. The number of aromatic nitrogens is 1. The number of fused-ring (bicyclic) bond motifs is 3. The maximum absolute atomic E-state index is 13.7. The summed E-state index contributed by atoms with van der Waals surface area (Å²) in [5.74, 6) is -0.889. The van der Waals surface area contributed by atoms with Crippen LogP contribution in [0.3, 0.4) is 0 Å². The molecule has 0 saturated carbocycles. The monoisotopic (exact) mass is 482 g/mol. The summed E-state index contributed by atoms with van der Waals surface area (Å²) in [6, 6.07) is 27.1. The summed E-state index contributed by atoms with van der Waals surface area (Å²) in [6.07, 6.45) is 0. The number of para-hydroxylation sites is 1. The highest BCUT2D eigenvalue weighted by molar-refractivity contribution is 6.31. The van der Waals surface area contributed by atoms with Crippen molar-refractivity contribution in [3.63, 3.8) is 0 Å². The standard InChI is InChI=1S/C32H22N2O3/c1-18-14-15-20(16-19(18)2)28-17-25(21-8-5-6-12-26(21)33-28)32(37)34-27-13-7-11-24-29(27)31(36)23-10-4-3-9-22(23)30(24)35/h3-17H,1-2H3,(H,34,37). The van der Waals surface area contributed by atoms with Crippen LogP contribution < -0.4 is 5.32 Å². The van der Waals surface area contributed by atoms with Crippen LogP contribution in [0.2, 0.25) is 0 Å². The van der Waals surface area contributed by atoms with Gasteiger partial charge >= 0.3 is 0 Å². The van der Waals surface area contributed by atoms with Crippen LogP contribution in [0.15, 0.2) is 91.0 Å². The number of nitrogens with zero attached hydrogens (tertiary/aromatic N) is 1. The average molecular weight is 483 g/mol. The number of amides is 1. The highest BCUT2D eigenvalue weighted by Gasteiger charge is 2.32. The summed E-state index contributed by atoms with van der Waals surface area (Å²) in [5.41, 5.74) is 6.57. The van der Waals surface area contributed by atoms with E-state index in [2.05, 4.69) is 18.3 Å². The fraction of sp³-hybridized carbons (Fsp3) is 0.0625. The molecule has 1 N–H and O–H groups in total. The molecule has 0 spiro atoms. The van der Waals surface area contributed by atoms with Crippen molar-refractivity contribution in [2.75, 3.05) is 5.32 Å². The first kappa shape index (κ1) is 22.6. The molecule has 1 aliphatic rings. The first-order chi connectivity index (χ1) is 17.9. The van der Waals surface area contributed by atoms with E-state index in [0.29, 0.717) is 39.0 Å². The minimum absolute atomic E-state index is 0.215. The van der Waals surface area contributed by atoms with E-state index in [4.69, 9.17) is 4.98 Å². The highest BCUT2D eigenvalue weighted by Crippen LogP contribution is 2.33. The van der Waals surface area contributed by atoms with Crippen LogP contribution in [0.25, 0.3) is 22.2 Å². The molecule has 0 radical (unpaired) electrons. The van der Waals surface area contributed by atoms with Crippen LogP contribution in [-0.2, 0) is 0 Å². The quantitative estimate of drug-likeness (QED) is 0.310. The highest BCUT2D eigenvalue weighted by atomic mass is 16.2. The van der Waals surface area contributed by atoms with E-state index in [1.165, 1.54) is 5.56 Å². The number of carbonyl (C=O) groups excluding carboxylic acids is 3.